The predicted molar refractivity (Wildman–Crippen MR) is 126 cm³/mol. The molecule has 0 spiro atoms. The number of hydrogen-bond donors (Lipinski definition) is 3. The number of pyridine rings is 2. The minimum atomic E-state index is -0.763. The smallest absolute Gasteiger partial charge is 0.255 e. The van der Waals surface area contributed by atoms with Crippen molar-refractivity contribution in [2.24, 2.45) is 0 Å². The molecule has 4 heterocycles. The number of amides is 2. The van der Waals surface area contributed by atoms with E-state index < -0.39 is 17.7 Å². The summed E-state index contributed by atoms with van der Waals surface area (Å²) in [5.41, 5.74) is 1.81. The molecule has 0 unspecified atom stereocenters. The lowest BCUT2D eigenvalue weighted by Gasteiger charge is -2.29. The Morgan fingerprint density at radius 1 is 0.879 bits per heavy atom. The normalized spacial score (nSPS) is 14.2. The van der Waals surface area contributed by atoms with Gasteiger partial charge in [0, 0.05) is 23.8 Å². The van der Waals surface area contributed by atoms with Crippen molar-refractivity contribution in [2.75, 3.05) is 10.6 Å². The molecule has 0 fully saturated rings. The second-order valence-corrected chi connectivity index (χ2v) is 8.16. The van der Waals surface area contributed by atoms with E-state index in [1.54, 1.807) is 50.2 Å². The topological polar surface area (TPSA) is 109 Å². The van der Waals surface area contributed by atoms with Gasteiger partial charge in [0.15, 0.2) is 0 Å². The molecule has 168 valence electrons. The third kappa shape index (κ3) is 4.92. The Morgan fingerprint density at radius 2 is 1.39 bits per heavy atom. The molecule has 3 N–H and O–H groups in total. The highest BCUT2D eigenvalue weighted by Gasteiger charge is 2.38. The van der Waals surface area contributed by atoms with Gasteiger partial charge < -0.3 is 20.4 Å². The molecular formula is C23H19Cl2N5O3. The second kappa shape index (κ2) is 9.48. The van der Waals surface area contributed by atoms with Crippen LogP contribution in [0.1, 0.15) is 25.5 Å². The number of hydrogen-bond acceptors (Lipinski definition) is 6. The van der Waals surface area contributed by atoms with Crippen molar-refractivity contribution < 1.29 is 14.0 Å². The second-order valence-electron chi connectivity index (χ2n) is 7.28. The maximum atomic E-state index is 13.3. The highest BCUT2D eigenvalue weighted by Crippen LogP contribution is 2.39. The van der Waals surface area contributed by atoms with Crippen LogP contribution in [-0.4, -0.2) is 21.8 Å². The van der Waals surface area contributed by atoms with Crippen LogP contribution < -0.4 is 16.0 Å². The first-order valence-electron chi connectivity index (χ1n) is 9.91. The summed E-state index contributed by atoms with van der Waals surface area (Å²) in [5, 5.41) is 9.56. The van der Waals surface area contributed by atoms with E-state index in [9.17, 15) is 9.59 Å². The number of nitrogens with zero attached hydrogens (tertiary/aromatic N) is 2. The van der Waals surface area contributed by atoms with Crippen molar-refractivity contribution in [3.8, 4) is 0 Å². The zero-order valence-electron chi connectivity index (χ0n) is 17.6. The summed E-state index contributed by atoms with van der Waals surface area (Å²) in [5.74, 6) is -0.534. The number of carbonyl (C=O) groups excluding carboxylic acids is 2. The Morgan fingerprint density at radius 3 is 1.79 bits per heavy atom. The number of anilines is 2. The zero-order valence-corrected chi connectivity index (χ0v) is 19.2. The van der Waals surface area contributed by atoms with Crippen LogP contribution in [0.3, 0.4) is 0 Å². The number of halogens is 2. The maximum Gasteiger partial charge on any atom is 0.255 e. The van der Waals surface area contributed by atoms with Gasteiger partial charge in [-0.15, -0.1) is 0 Å². The fourth-order valence-electron chi connectivity index (χ4n) is 3.60. The highest BCUT2D eigenvalue weighted by atomic mass is 35.5. The van der Waals surface area contributed by atoms with Crippen LogP contribution in [0, 0.1) is 0 Å². The lowest BCUT2D eigenvalue weighted by Crippen LogP contribution is -2.35. The average molecular weight is 484 g/mol. The van der Waals surface area contributed by atoms with Gasteiger partial charge in [-0.05, 0) is 50.2 Å². The van der Waals surface area contributed by atoms with Crippen LogP contribution in [0.25, 0.3) is 0 Å². The van der Waals surface area contributed by atoms with Crippen molar-refractivity contribution in [2.45, 2.75) is 19.8 Å². The number of rotatable bonds is 5. The van der Waals surface area contributed by atoms with E-state index in [2.05, 4.69) is 25.9 Å². The monoisotopic (exact) mass is 483 g/mol. The Bertz CT molecular complexity index is 1170. The van der Waals surface area contributed by atoms with Gasteiger partial charge in [-0.3, -0.25) is 9.59 Å². The minimum Gasteiger partial charge on any atom is -0.468 e. The first-order chi connectivity index (χ1) is 15.8. The van der Waals surface area contributed by atoms with Crippen LogP contribution in [0.4, 0.5) is 11.6 Å². The first-order valence-corrected chi connectivity index (χ1v) is 10.7. The van der Waals surface area contributed by atoms with Gasteiger partial charge in [0.05, 0.1) is 33.4 Å². The van der Waals surface area contributed by atoms with Gasteiger partial charge in [-0.2, -0.15) is 0 Å². The summed E-state index contributed by atoms with van der Waals surface area (Å²) in [6.07, 6.45) is 4.36. The molecule has 0 aliphatic carbocycles. The van der Waals surface area contributed by atoms with Crippen molar-refractivity contribution in [1.29, 1.82) is 0 Å². The summed E-state index contributed by atoms with van der Waals surface area (Å²) in [6, 6.07) is 9.85. The van der Waals surface area contributed by atoms with Gasteiger partial charge in [0.25, 0.3) is 11.8 Å². The molecular weight excluding hydrogens is 465 g/mol. The van der Waals surface area contributed by atoms with E-state index in [1.807, 2.05) is 0 Å². The van der Waals surface area contributed by atoms with Gasteiger partial charge in [0.2, 0.25) is 0 Å². The SMILES string of the molecule is CC1=C(C(=O)Nc2ccc(Cl)cn2)C(c2ccco2)C(C(=O)Nc2ccc(Cl)cn2)=C(C)N1. The summed E-state index contributed by atoms with van der Waals surface area (Å²) in [6.45, 7) is 3.53. The van der Waals surface area contributed by atoms with E-state index in [0.717, 1.165) is 0 Å². The zero-order chi connectivity index (χ0) is 23.5. The van der Waals surface area contributed by atoms with E-state index in [4.69, 9.17) is 27.6 Å². The fraction of sp³-hybridized carbons (Fsp3) is 0.130. The van der Waals surface area contributed by atoms with Gasteiger partial charge in [-0.25, -0.2) is 9.97 Å². The van der Waals surface area contributed by atoms with Crippen molar-refractivity contribution >= 4 is 46.7 Å². The summed E-state index contributed by atoms with van der Waals surface area (Å²) in [4.78, 5) is 34.9. The average Bonchev–Trinajstić information content (AvgIpc) is 3.31. The van der Waals surface area contributed by atoms with Gasteiger partial charge in [-0.1, -0.05) is 23.2 Å². The van der Waals surface area contributed by atoms with Crippen LogP contribution >= 0.6 is 23.2 Å². The lowest BCUT2D eigenvalue weighted by molar-refractivity contribution is -0.113. The Kier molecular flexibility index (Phi) is 6.48. The van der Waals surface area contributed by atoms with Crippen LogP contribution in [0.2, 0.25) is 10.0 Å². The largest absolute Gasteiger partial charge is 0.468 e. The van der Waals surface area contributed by atoms with Crippen LogP contribution in [-0.2, 0) is 9.59 Å². The molecule has 0 radical (unpaired) electrons. The number of nitrogens with one attached hydrogen (secondary N) is 3. The molecule has 4 rings (SSSR count). The maximum absolute atomic E-state index is 13.3. The van der Waals surface area contributed by atoms with Crippen LogP contribution in [0.15, 0.2) is 82.0 Å². The van der Waals surface area contributed by atoms with Crippen molar-refractivity contribution in [3.05, 3.63) is 93.4 Å². The minimum absolute atomic E-state index is 0.321. The standard InChI is InChI=1S/C23H19Cl2N5O3/c1-12-19(22(31)29-17-7-5-14(24)10-26-17)21(16-4-3-9-33-16)20(13(2)28-12)23(32)30-18-8-6-15(25)11-27-18/h3-11,21,28H,1-2H3,(H,26,29,31)(H,27,30,32). The summed E-state index contributed by atoms with van der Waals surface area (Å²) < 4.78 is 5.64. The van der Waals surface area contributed by atoms with E-state index in [1.165, 1.54) is 18.7 Å². The molecule has 1 aliphatic heterocycles. The third-order valence-electron chi connectivity index (χ3n) is 5.02. The van der Waals surface area contributed by atoms with E-state index in [0.29, 0.717) is 50.0 Å². The number of dihydropyridines is 1. The number of furan rings is 1. The molecule has 0 saturated carbocycles. The lowest BCUT2D eigenvalue weighted by atomic mass is 9.82. The van der Waals surface area contributed by atoms with Gasteiger partial charge >= 0.3 is 0 Å². The number of carbonyl (C=O) groups is 2. The molecule has 10 heteroatoms. The molecule has 33 heavy (non-hydrogen) atoms. The molecule has 0 aromatic carbocycles. The third-order valence-corrected chi connectivity index (χ3v) is 5.46. The van der Waals surface area contributed by atoms with E-state index >= 15 is 0 Å². The van der Waals surface area contributed by atoms with E-state index in [-0.39, 0.29) is 0 Å². The number of aromatic nitrogens is 2. The molecule has 3 aromatic heterocycles. The Balaban J connectivity index is 1.69. The molecule has 2 amide bonds. The highest BCUT2D eigenvalue weighted by molar-refractivity contribution is 6.30. The first kappa shape index (κ1) is 22.6. The molecule has 8 nitrogen and oxygen atoms in total. The van der Waals surface area contributed by atoms with Crippen molar-refractivity contribution in [1.82, 2.24) is 15.3 Å². The van der Waals surface area contributed by atoms with Gasteiger partial charge in [0.1, 0.15) is 17.4 Å². The Hall–Kier alpha value is -3.62. The summed E-state index contributed by atoms with van der Waals surface area (Å²) >= 11 is 11.8. The Labute approximate surface area is 199 Å². The fourth-order valence-corrected chi connectivity index (χ4v) is 3.83. The molecule has 3 aromatic rings. The summed E-state index contributed by atoms with van der Waals surface area (Å²) in [7, 11) is 0. The predicted octanol–water partition coefficient (Wildman–Crippen LogP) is 4.89. The molecule has 0 atom stereocenters. The molecule has 0 saturated heterocycles. The quantitative estimate of drug-likeness (QED) is 0.476. The van der Waals surface area contributed by atoms with Crippen LogP contribution in [0.5, 0.6) is 0 Å². The molecule has 1 aliphatic rings. The number of allylic oxidation sites excluding steroid dienone is 2. The van der Waals surface area contributed by atoms with Crippen molar-refractivity contribution in [3.63, 3.8) is 0 Å². The molecule has 0 bridgehead atoms.